The van der Waals surface area contributed by atoms with Crippen LogP contribution in [0.15, 0.2) is 29.3 Å². The van der Waals surface area contributed by atoms with E-state index in [1.807, 2.05) is 19.1 Å². The Morgan fingerprint density at radius 2 is 1.87 bits per heavy atom. The Morgan fingerprint density at radius 3 is 2.43 bits per heavy atom. The number of alkyl halides is 3. The van der Waals surface area contributed by atoms with Crippen molar-refractivity contribution in [2.24, 2.45) is 4.99 Å². The molecular weight excluding hydrogens is 395 g/mol. The van der Waals surface area contributed by atoms with Gasteiger partial charge in [0, 0.05) is 19.6 Å². The van der Waals surface area contributed by atoms with Crippen LogP contribution in [0.3, 0.4) is 0 Å². The van der Waals surface area contributed by atoms with Crippen molar-refractivity contribution in [3.8, 4) is 5.75 Å². The second-order valence-corrected chi connectivity index (χ2v) is 7.53. The van der Waals surface area contributed by atoms with Gasteiger partial charge >= 0.3 is 6.18 Å². The van der Waals surface area contributed by atoms with Gasteiger partial charge in [-0.2, -0.15) is 13.2 Å². The molecule has 0 amide bonds. The molecule has 0 saturated carbocycles. The third-order valence-electron chi connectivity index (χ3n) is 5.08. The van der Waals surface area contributed by atoms with Crippen LogP contribution in [0.2, 0.25) is 0 Å². The zero-order valence-corrected chi connectivity index (χ0v) is 18.1. The van der Waals surface area contributed by atoms with Crippen LogP contribution in [0, 0.1) is 0 Å². The molecule has 1 unspecified atom stereocenters. The number of likely N-dealkylation sites (N-methyl/N-ethyl adjacent to an activating group) is 1. The van der Waals surface area contributed by atoms with Crippen molar-refractivity contribution in [2.45, 2.75) is 32.0 Å². The smallest absolute Gasteiger partial charge is 0.401 e. The number of hydrogen-bond donors (Lipinski definition) is 2. The number of nitrogens with zero attached hydrogens (tertiary/aromatic N) is 3. The summed E-state index contributed by atoms with van der Waals surface area (Å²) in [4.78, 5) is 8.42. The minimum atomic E-state index is -4.19. The second kappa shape index (κ2) is 12.0. The Bertz CT molecular complexity index is 645. The molecule has 0 aromatic heterocycles. The number of ether oxygens (including phenoxy) is 1. The lowest BCUT2D eigenvalue weighted by atomic mass is 10.1. The molecule has 1 aliphatic rings. The zero-order valence-electron chi connectivity index (χ0n) is 18.1. The maximum atomic E-state index is 12.5. The first-order valence-electron chi connectivity index (χ1n) is 10.5. The van der Waals surface area contributed by atoms with Gasteiger partial charge < -0.3 is 15.4 Å². The molecule has 1 aromatic rings. The second-order valence-electron chi connectivity index (χ2n) is 7.53. The normalized spacial score (nSPS) is 16.7. The average molecular weight is 430 g/mol. The van der Waals surface area contributed by atoms with E-state index in [4.69, 9.17) is 9.73 Å². The van der Waals surface area contributed by atoms with Gasteiger partial charge in [-0.05, 0) is 57.6 Å². The number of methoxy groups -OCH3 is 1. The lowest BCUT2D eigenvalue weighted by Crippen LogP contribution is -2.43. The fraction of sp³-hybridized carbons (Fsp3) is 0.667. The molecule has 1 atom stereocenters. The SMILES string of the molecule is CCNC(=NCC(c1ccc(OC)cc1)N1CCCC1)NCCN(C)CC(F)(F)F. The molecule has 30 heavy (non-hydrogen) atoms. The summed E-state index contributed by atoms with van der Waals surface area (Å²) in [5.41, 5.74) is 1.18. The summed E-state index contributed by atoms with van der Waals surface area (Å²) in [6, 6.07) is 8.22. The van der Waals surface area contributed by atoms with Gasteiger partial charge in [0.2, 0.25) is 0 Å². The lowest BCUT2D eigenvalue weighted by molar-refractivity contribution is -0.142. The van der Waals surface area contributed by atoms with Gasteiger partial charge in [0.1, 0.15) is 5.75 Å². The maximum absolute atomic E-state index is 12.5. The molecule has 1 aromatic carbocycles. The van der Waals surface area contributed by atoms with Crippen LogP contribution in [0.5, 0.6) is 5.75 Å². The van der Waals surface area contributed by atoms with Crippen molar-refractivity contribution in [3.05, 3.63) is 29.8 Å². The largest absolute Gasteiger partial charge is 0.497 e. The third-order valence-corrected chi connectivity index (χ3v) is 5.08. The fourth-order valence-corrected chi connectivity index (χ4v) is 3.58. The molecular formula is C21H34F3N5O. The number of halogens is 3. The Labute approximate surface area is 177 Å². The van der Waals surface area contributed by atoms with E-state index in [0.29, 0.717) is 25.6 Å². The van der Waals surface area contributed by atoms with Crippen molar-refractivity contribution in [1.29, 1.82) is 0 Å². The molecule has 1 fully saturated rings. The van der Waals surface area contributed by atoms with Crippen molar-refractivity contribution in [1.82, 2.24) is 20.4 Å². The number of rotatable bonds is 10. The molecule has 1 saturated heterocycles. The van der Waals surface area contributed by atoms with Gasteiger partial charge in [0.25, 0.3) is 0 Å². The van der Waals surface area contributed by atoms with Crippen LogP contribution in [-0.4, -0.2) is 81.9 Å². The highest BCUT2D eigenvalue weighted by Gasteiger charge is 2.29. The summed E-state index contributed by atoms with van der Waals surface area (Å²) in [6.07, 6.45) is -1.82. The van der Waals surface area contributed by atoms with Crippen molar-refractivity contribution in [2.75, 3.05) is 60.0 Å². The highest BCUT2D eigenvalue weighted by atomic mass is 19.4. The predicted molar refractivity (Wildman–Crippen MR) is 114 cm³/mol. The fourth-order valence-electron chi connectivity index (χ4n) is 3.58. The molecule has 1 aliphatic heterocycles. The Morgan fingerprint density at radius 1 is 1.20 bits per heavy atom. The molecule has 0 radical (unpaired) electrons. The quantitative estimate of drug-likeness (QED) is 0.443. The molecule has 9 heteroatoms. The molecule has 1 heterocycles. The van der Waals surface area contributed by atoms with E-state index in [9.17, 15) is 13.2 Å². The van der Waals surface area contributed by atoms with Crippen LogP contribution in [0.1, 0.15) is 31.4 Å². The third kappa shape index (κ3) is 8.39. The monoisotopic (exact) mass is 429 g/mol. The molecule has 0 aliphatic carbocycles. The van der Waals surface area contributed by atoms with Crippen molar-refractivity contribution in [3.63, 3.8) is 0 Å². The number of guanidine groups is 1. The highest BCUT2D eigenvalue weighted by molar-refractivity contribution is 5.79. The van der Waals surface area contributed by atoms with Gasteiger partial charge in [-0.25, -0.2) is 0 Å². The topological polar surface area (TPSA) is 52.1 Å². The van der Waals surface area contributed by atoms with Crippen LogP contribution in [0.4, 0.5) is 13.2 Å². The summed E-state index contributed by atoms with van der Waals surface area (Å²) in [5, 5.41) is 6.32. The van der Waals surface area contributed by atoms with E-state index in [2.05, 4.69) is 27.7 Å². The summed E-state index contributed by atoms with van der Waals surface area (Å²) >= 11 is 0. The van der Waals surface area contributed by atoms with Crippen LogP contribution >= 0.6 is 0 Å². The summed E-state index contributed by atoms with van der Waals surface area (Å²) in [7, 11) is 3.12. The number of nitrogens with one attached hydrogen (secondary N) is 2. The van der Waals surface area contributed by atoms with Crippen LogP contribution in [-0.2, 0) is 0 Å². The number of benzene rings is 1. The van der Waals surface area contributed by atoms with E-state index >= 15 is 0 Å². The Balaban J connectivity index is 2.00. The maximum Gasteiger partial charge on any atom is 0.401 e. The van der Waals surface area contributed by atoms with Crippen LogP contribution in [0.25, 0.3) is 0 Å². The zero-order chi connectivity index (χ0) is 22.0. The molecule has 170 valence electrons. The molecule has 2 N–H and O–H groups in total. The van der Waals surface area contributed by atoms with Gasteiger partial charge in [0.15, 0.2) is 5.96 Å². The van der Waals surface area contributed by atoms with E-state index in [1.54, 1.807) is 7.11 Å². The average Bonchev–Trinajstić information content (AvgIpc) is 3.21. The summed E-state index contributed by atoms with van der Waals surface area (Å²) in [5.74, 6) is 1.44. The van der Waals surface area contributed by atoms with E-state index < -0.39 is 12.7 Å². The van der Waals surface area contributed by atoms with Gasteiger partial charge in [0.05, 0.1) is 26.2 Å². The lowest BCUT2D eigenvalue weighted by Gasteiger charge is -2.27. The summed E-state index contributed by atoms with van der Waals surface area (Å²) < 4.78 is 42.7. The summed E-state index contributed by atoms with van der Waals surface area (Å²) in [6.45, 7) is 5.04. The molecule has 0 spiro atoms. The minimum absolute atomic E-state index is 0.154. The van der Waals surface area contributed by atoms with Gasteiger partial charge in [-0.15, -0.1) is 0 Å². The number of likely N-dealkylation sites (tertiary alicyclic amines) is 1. The molecule has 2 rings (SSSR count). The number of aliphatic imine (C=N–C) groups is 1. The Kier molecular flexibility index (Phi) is 9.71. The highest BCUT2D eigenvalue weighted by Crippen LogP contribution is 2.27. The molecule has 6 nitrogen and oxygen atoms in total. The van der Waals surface area contributed by atoms with Crippen LogP contribution < -0.4 is 15.4 Å². The minimum Gasteiger partial charge on any atom is -0.497 e. The Hall–Kier alpha value is -2.00. The van der Waals surface area contributed by atoms with Gasteiger partial charge in [-0.1, -0.05) is 12.1 Å². The van der Waals surface area contributed by atoms with E-state index in [0.717, 1.165) is 18.8 Å². The van der Waals surface area contributed by atoms with E-state index in [1.165, 1.54) is 30.4 Å². The van der Waals surface area contributed by atoms with Crippen molar-refractivity contribution >= 4 is 5.96 Å². The standard InChI is InChI=1S/C21H34F3N5O/c1-4-25-20(26-11-14-28(2)16-21(22,23)24)27-15-19(29-12-5-6-13-29)17-7-9-18(30-3)10-8-17/h7-10,19H,4-6,11-16H2,1-3H3,(H2,25,26,27). The first-order valence-corrected chi connectivity index (χ1v) is 10.5. The number of hydrogen-bond acceptors (Lipinski definition) is 4. The molecule has 0 bridgehead atoms. The van der Waals surface area contributed by atoms with E-state index in [-0.39, 0.29) is 12.6 Å². The predicted octanol–water partition coefficient (Wildman–Crippen LogP) is 2.88. The first-order chi connectivity index (χ1) is 14.3. The van der Waals surface area contributed by atoms with Gasteiger partial charge in [-0.3, -0.25) is 14.8 Å². The van der Waals surface area contributed by atoms with Crippen molar-refractivity contribution < 1.29 is 17.9 Å². The first kappa shape index (κ1) is 24.3.